The van der Waals surface area contributed by atoms with Gasteiger partial charge in [-0.1, -0.05) is 67.8 Å². The number of hydrogen-bond acceptors (Lipinski definition) is 4. The van der Waals surface area contributed by atoms with Crippen LogP contribution in [-0.2, 0) is 9.53 Å². The van der Waals surface area contributed by atoms with Crippen molar-refractivity contribution < 1.29 is 14.3 Å². The van der Waals surface area contributed by atoms with Crippen LogP contribution in [0, 0.1) is 12.8 Å². The Balaban J connectivity index is 1.52. The standard InChI is InChI=1S/C26H28N2O3/c1-17-11-13-19(14-12-17)24-15-21(20-8-4-6-10-23(20)27-24)26(30)31-16-25(29)28-22-9-5-3-7-18(22)2/h4,6,8,10-15,18,22H,3,5,7,9,16H2,1-2H3,(H,28,29)/t18-,22+/m1/s1. The first-order valence-electron chi connectivity index (χ1n) is 10.9. The van der Waals surface area contributed by atoms with Crippen LogP contribution in [0.25, 0.3) is 22.2 Å². The number of esters is 1. The molecule has 2 aromatic carbocycles. The first kappa shape index (κ1) is 21.0. The van der Waals surface area contributed by atoms with Crippen molar-refractivity contribution >= 4 is 22.8 Å². The van der Waals surface area contributed by atoms with Gasteiger partial charge in [-0.3, -0.25) is 4.79 Å². The summed E-state index contributed by atoms with van der Waals surface area (Å²) in [6, 6.07) is 17.4. The highest BCUT2D eigenvalue weighted by molar-refractivity contribution is 6.05. The summed E-state index contributed by atoms with van der Waals surface area (Å²) < 4.78 is 5.41. The van der Waals surface area contributed by atoms with Gasteiger partial charge in [-0.25, -0.2) is 9.78 Å². The molecule has 1 aliphatic carbocycles. The smallest absolute Gasteiger partial charge is 0.339 e. The van der Waals surface area contributed by atoms with Crippen LogP contribution >= 0.6 is 0 Å². The number of fused-ring (bicyclic) bond motifs is 1. The summed E-state index contributed by atoms with van der Waals surface area (Å²) in [5.74, 6) is -0.308. The Hall–Kier alpha value is -3.21. The molecule has 160 valence electrons. The van der Waals surface area contributed by atoms with Gasteiger partial charge in [0.25, 0.3) is 5.91 Å². The molecule has 1 heterocycles. The third kappa shape index (κ3) is 4.93. The molecular weight excluding hydrogens is 388 g/mol. The van der Waals surface area contributed by atoms with Gasteiger partial charge in [-0.05, 0) is 37.8 Å². The molecule has 3 aromatic rings. The Kier molecular flexibility index (Phi) is 6.31. The van der Waals surface area contributed by atoms with Gasteiger partial charge in [0.05, 0.1) is 16.8 Å². The zero-order valence-corrected chi connectivity index (χ0v) is 18.1. The van der Waals surface area contributed by atoms with E-state index in [4.69, 9.17) is 9.72 Å². The number of aryl methyl sites for hydroxylation is 1. The highest BCUT2D eigenvalue weighted by Crippen LogP contribution is 2.26. The highest BCUT2D eigenvalue weighted by atomic mass is 16.5. The molecule has 5 nitrogen and oxygen atoms in total. The molecule has 0 unspecified atom stereocenters. The molecule has 2 atom stereocenters. The monoisotopic (exact) mass is 416 g/mol. The summed E-state index contributed by atoms with van der Waals surface area (Å²) in [6.07, 6.45) is 4.44. The number of rotatable bonds is 5. The Morgan fingerprint density at radius 1 is 1.06 bits per heavy atom. The fourth-order valence-corrected chi connectivity index (χ4v) is 4.20. The molecule has 1 aromatic heterocycles. The molecule has 0 bridgehead atoms. The van der Waals surface area contributed by atoms with Gasteiger partial charge in [-0.15, -0.1) is 0 Å². The predicted octanol–water partition coefficient (Wildman–Crippen LogP) is 5.06. The molecule has 0 radical (unpaired) electrons. The second-order valence-corrected chi connectivity index (χ2v) is 8.45. The van der Waals surface area contributed by atoms with Crippen LogP contribution in [0.15, 0.2) is 54.6 Å². The minimum atomic E-state index is -0.515. The lowest BCUT2D eigenvalue weighted by atomic mass is 9.86. The largest absolute Gasteiger partial charge is 0.452 e. The van der Waals surface area contributed by atoms with Crippen LogP contribution in [-0.4, -0.2) is 29.5 Å². The topological polar surface area (TPSA) is 68.3 Å². The van der Waals surface area contributed by atoms with Crippen molar-refractivity contribution in [3.63, 3.8) is 0 Å². The molecule has 1 aliphatic rings. The van der Waals surface area contributed by atoms with Crippen molar-refractivity contribution in [2.45, 2.75) is 45.6 Å². The summed E-state index contributed by atoms with van der Waals surface area (Å²) in [5, 5.41) is 3.74. The Morgan fingerprint density at radius 2 is 1.81 bits per heavy atom. The van der Waals surface area contributed by atoms with Gasteiger partial charge in [0.15, 0.2) is 6.61 Å². The average Bonchev–Trinajstić information content (AvgIpc) is 2.79. The minimum absolute atomic E-state index is 0.162. The van der Waals surface area contributed by atoms with Crippen LogP contribution in [0.4, 0.5) is 0 Å². The number of para-hydroxylation sites is 1. The Morgan fingerprint density at radius 3 is 2.58 bits per heavy atom. The first-order valence-corrected chi connectivity index (χ1v) is 10.9. The van der Waals surface area contributed by atoms with E-state index in [1.807, 2.05) is 55.5 Å². The van der Waals surface area contributed by atoms with Gasteiger partial charge < -0.3 is 10.1 Å². The van der Waals surface area contributed by atoms with Crippen LogP contribution in [0.3, 0.4) is 0 Å². The lowest BCUT2D eigenvalue weighted by molar-refractivity contribution is -0.125. The number of ether oxygens (including phenoxy) is 1. The van der Waals surface area contributed by atoms with Gasteiger partial charge in [0.1, 0.15) is 0 Å². The van der Waals surface area contributed by atoms with Crippen molar-refractivity contribution in [1.82, 2.24) is 10.3 Å². The van der Waals surface area contributed by atoms with Crippen molar-refractivity contribution in [3.8, 4) is 11.3 Å². The second-order valence-electron chi connectivity index (χ2n) is 8.45. The maximum atomic E-state index is 12.9. The lowest BCUT2D eigenvalue weighted by Crippen LogP contribution is -2.42. The Bertz CT molecular complexity index is 1090. The van der Waals surface area contributed by atoms with E-state index in [9.17, 15) is 9.59 Å². The molecule has 1 saturated carbocycles. The summed E-state index contributed by atoms with van der Waals surface area (Å²) in [4.78, 5) is 30.0. The maximum Gasteiger partial charge on any atom is 0.339 e. The van der Waals surface area contributed by atoms with Crippen LogP contribution in [0.1, 0.15) is 48.5 Å². The predicted molar refractivity (Wildman–Crippen MR) is 122 cm³/mol. The van der Waals surface area contributed by atoms with E-state index in [1.165, 1.54) is 6.42 Å². The average molecular weight is 417 g/mol. The van der Waals surface area contributed by atoms with E-state index in [0.717, 1.165) is 30.4 Å². The van der Waals surface area contributed by atoms with Crippen LogP contribution in [0.5, 0.6) is 0 Å². The number of amides is 1. The molecule has 1 amide bonds. The van der Waals surface area contributed by atoms with E-state index >= 15 is 0 Å². The van der Waals surface area contributed by atoms with E-state index < -0.39 is 5.97 Å². The molecule has 1 N–H and O–H groups in total. The molecule has 4 rings (SSSR count). The van der Waals surface area contributed by atoms with Crippen molar-refractivity contribution in [1.29, 1.82) is 0 Å². The van der Waals surface area contributed by atoms with Crippen molar-refractivity contribution in [3.05, 3.63) is 65.7 Å². The number of carbonyl (C=O) groups excluding carboxylic acids is 2. The molecule has 0 spiro atoms. The summed E-state index contributed by atoms with van der Waals surface area (Å²) >= 11 is 0. The van der Waals surface area contributed by atoms with E-state index in [-0.39, 0.29) is 18.6 Å². The van der Waals surface area contributed by atoms with E-state index in [2.05, 4.69) is 12.2 Å². The number of aromatic nitrogens is 1. The maximum absolute atomic E-state index is 12.9. The van der Waals surface area contributed by atoms with Gasteiger partial charge in [0.2, 0.25) is 0 Å². The molecule has 1 fully saturated rings. The summed E-state index contributed by atoms with van der Waals surface area (Å²) in [5.41, 5.74) is 3.91. The number of carbonyl (C=O) groups is 2. The van der Waals surface area contributed by atoms with Gasteiger partial charge in [-0.2, -0.15) is 0 Å². The van der Waals surface area contributed by atoms with Crippen LogP contribution < -0.4 is 5.32 Å². The Labute approximate surface area is 182 Å². The second kappa shape index (κ2) is 9.29. The number of benzene rings is 2. The number of nitrogens with one attached hydrogen (secondary N) is 1. The molecule has 0 aliphatic heterocycles. The molecule has 0 saturated heterocycles. The van der Waals surface area contributed by atoms with Crippen molar-refractivity contribution in [2.75, 3.05) is 6.61 Å². The minimum Gasteiger partial charge on any atom is -0.452 e. The van der Waals surface area contributed by atoms with E-state index in [0.29, 0.717) is 28.1 Å². The lowest BCUT2D eigenvalue weighted by Gasteiger charge is -2.29. The number of nitrogens with zero attached hydrogens (tertiary/aromatic N) is 1. The first-order chi connectivity index (χ1) is 15.0. The summed E-state index contributed by atoms with van der Waals surface area (Å²) in [7, 11) is 0. The zero-order valence-electron chi connectivity index (χ0n) is 18.1. The highest BCUT2D eigenvalue weighted by Gasteiger charge is 2.23. The molecule has 31 heavy (non-hydrogen) atoms. The summed E-state index contributed by atoms with van der Waals surface area (Å²) in [6.45, 7) is 3.91. The number of pyridine rings is 1. The third-order valence-corrected chi connectivity index (χ3v) is 6.08. The van der Waals surface area contributed by atoms with Gasteiger partial charge in [0, 0.05) is 17.0 Å². The zero-order chi connectivity index (χ0) is 21.8. The molecular formula is C26H28N2O3. The SMILES string of the molecule is Cc1ccc(-c2cc(C(=O)OCC(=O)N[C@H]3CCCC[C@H]3C)c3ccccc3n2)cc1. The van der Waals surface area contributed by atoms with Crippen molar-refractivity contribution in [2.24, 2.45) is 5.92 Å². The molecule has 5 heteroatoms. The quantitative estimate of drug-likeness (QED) is 0.590. The fourth-order valence-electron chi connectivity index (χ4n) is 4.20. The fraction of sp³-hybridized carbons (Fsp3) is 0.346. The van der Waals surface area contributed by atoms with Gasteiger partial charge >= 0.3 is 5.97 Å². The van der Waals surface area contributed by atoms with E-state index in [1.54, 1.807) is 6.07 Å². The van der Waals surface area contributed by atoms with Crippen LogP contribution in [0.2, 0.25) is 0 Å². The third-order valence-electron chi connectivity index (χ3n) is 6.08. The number of hydrogen-bond donors (Lipinski definition) is 1. The normalized spacial score (nSPS) is 18.5.